The Labute approximate surface area is 95.3 Å². The van der Waals surface area contributed by atoms with E-state index in [-0.39, 0.29) is 17.4 Å². The monoisotopic (exact) mass is 250 g/mol. The highest BCUT2D eigenvalue weighted by molar-refractivity contribution is 7.91. The Balaban J connectivity index is 2.21. The summed E-state index contributed by atoms with van der Waals surface area (Å²) in [6.45, 7) is 2.66. The molecule has 0 unspecified atom stereocenters. The fourth-order valence-electron chi connectivity index (χ4n) is 1.61. The predicted octanol–water partition coefficient (Wildman–Crippen LogP) is -1.74. The van der Waals surface area contributed by atoms with Crippen LogP contribution in [-0.2, 0) is 14.6 Å². The zero-order chi connectivity index (χ0) is 12.2. The van der Waals surface area contributed by atoms with Crippen molar-refractivity contribution in [3.8, 4) is 0 Å². The maximum Gasteiger partial charge on any atom is 0.219 e. The van der Waals surface area contributed by atoms with Crippen molar-refractivity contribution in [1.82, 2.24) is 10.6 Å². The average molecular weight is 250 g/mol. The van der Waals surface area contributed by atoms with Crippen LogP contribution in [0, 0.1) is 0 Å². The quantitative estimate of drug-likeness (QED) is 0.503. The van der Waals surface area contributed by atoms with E-state index < -0.39 is 22.0 Å². The number of hydrogen-bond donors (Lipinski definition) is 3. The van der Waals surface area contributed by atoms with E-state index in [1.807, 2.05) is 0 Å². The van der Waals surface area contributed by atoms with Gasteiger partial charge in [-0.25, -0.2) is 8.42 Å². The summed E-state index contributed by atoms with van der Waals surface area (Å²) in [5, 5.41) is 15.0. The molecule has 6 nitrogen and oxygen atoms in total. The van der Waals surface area contributed by atoms with Crippen LogP contribution in [0.25, 0.3) is 0 Å². The smallest absolute Gasteiger partial charge is 0.219 e. The number of carbonyl (C=O) groups excluding carboxylic acids is 1. The van der Waals surface area contributed by atoms with Crippen molar-refractivity contribution >= 4 is 15.7 Å². The minimum atomic E-state index is -3.10. The Kier molecular flexibility index (Phi) is 4.69. The van der Waals surface area contributed by atoms with Gasteiger partial charge in [-0.05, 0) is 0 Å². The lowest BCUT2D eigenvalue weighted by molar-refractivity contribution is -0.120. The van der Waals surface area contributed by atoms with E-state index in [9.17, 15) is 18.3 Å². The maximum absolute atomic E-state index is 11.2. The zero-order valence-corrected chi connectivity index (χ0v) is 10.1. The van der Waals surface area contributed by atoms with Crippen LogP contribution >= 0.6 is 0 Å². The van der Waals surface area contributed by atoms with Crippen molar-refractivity contribution in [2.75, 3.05) is 24.6 Å². The summed E-state index contributed by atoms with van der Waals surface area (Å²) in [5.41, 5.74) is 0. The SMILES string of the molecule is CCC(=O)NCCN[C@@H]1CS(=O)(=O)C[C@@H]1O. The summed E-state index contributed by atoms with van der Waals surface area (Å²) in [4.78, 5) is 10.9. The van der Waals surface area contributed by atoms with Crippen LogP contribution in [0.4, 0.5) is 0 Å². The first-order valence-electron chi connectivity index (χ1n) is 5.33. The first-order valence-corrected chi connectivity index (χ1v) is 7.15. The molecule has 1 aliphatic rings. The number of amides is 1. The molecule has 1 saturated heterocycles. The lowest BCUT2D eigenvalue weighted by Crippen LogP contribution is -2.42. The number of carbonyl (C=O) groups is 1. The Morgan fingerprint density at radius 2 is 2.06 bits per heavy atom. The van der Waals surface area contributed by atoms with Gasteiger partial charge in [0, 0.05) is 25.6 Å². The third kappa shape index (κ3) is 4.07. The van der Waals surface area contributed by atoms with Crippen molar-refractivity contribution in [2.24, 2.45) is 0 Å². The normalized spacial score (nSPS) is 27.9. The van der Waals surface area contributed by atoms with Gasteiger partial charge in [0.2, 0.25) is 5.91 Å². The van der Waals surface area contributed by atoms with Gasteiger partial charge in [0.05, 0.1) is 17.6 Å². The molecule has 0 bridgehead atoms. The summed E-state index contributed by atoms with van der Waals surface area (Å²) >= 11 is 0. The molecule has 2 atom stereocenters. The van der Waals surface area contributed by atoms with Gasteiger partial charge >= 0.3 is 0 Å². The first kappa shape index (κ1) is 13.4. The molecule has 0 aromatic carbocycles. The molecule has 0 aliphatic carbocycles. The maximum atomic E-state index is 11.2. The summed E-state index contributed by atoms with van der Waals surface area (Å²) < 4.78 is 22.3. The number of sulfone groups is 1. The molecule has 0 spiro atoms. The zero-order valence-electron chi connectivity index (χ0n) is 9.27. The molecule has 16 heavy (non-hydrogen) atoms. The molecule has 0 saturated carbocycles. The lowest BCUT2D eigenvalue weighted by atomic mass is 10.2. The minimum Gasteiger partial charge on any atom is -0.390 e. The van der Waals surface area contributed by atoms with Crippen LogP contribution in [0.15, 0.2) is 0 Å². The Bertz CT molecular complexity index is 341. The summed E-state index contributed by atoms with van der Waals surface area (Å²) in [6, 6.07) is -0.413. The molecule has 3 N–H and O–H groups in total. The van der Waals surface area contributed by atoms with Gasteiger partial charge < -0.3 is 15.7 Å². The highest BCUT2D eigenvalue weighted by atomic mass is 32.2. The molecule has 1 aliphatic heterocycles. The van der Waals surface area contributed by atoms with Crippen LogP contribution in [0.3, 0.4) is 0 Å². The van der Waals surface area contributed by atoms with Gasteiger partial charge in [-0.2, -0.15) is 0 Å². The van der Waals surface area contributed by atoms with Gasteiger partial charge in [-0.1, -0.05) is 6.92 Å². The number of rotatable bonds is 5. The van der Waals surface area contributed by atoms with Gasteiger partial charge in [-0.15, -0.1) is 0 Å². The van der Waals surface area contributed by atoms with Crippen molar-refractivity contribution in [3.63, 3.8) is 0 Å². The standard InChI is InChI=1S/C9H18N2O4S/c1-2-9(13)11-4-3-10-7-5-16(14,15)6-8(7)12/h7-8,10,12H,2-6H2,1H3,(H,11,13)/t7-,8+/m1/s1. The topological polar surface area (TPSA) is 95.5 Å². The molecule has 0 radical (unpaired) electrons. The van der Waals surface area contributed by atoms with Crippen molar-refractivity contribution in [2.45, 2.75) is 25.5 Å². The Morgan fingerprint density at radius 1 is 1.38 bits per heavy atom. The minimum absolute atomic E-state index is 0.0319. The third-order valence-corrected chi connectivity index (χ3v) is 4.21. The van der Waals surface area contributed by atoms with E-state index in [1.165, 1.54) is 0 Å². The number of hydrogen-bond acceptors (Lipinski definition) is 5. The van der Waals surface area contributed by atoms with Gasteiger partial charge in [0.1, 0.15) is 0 Å². The number of nitrogens with one attached hydrogen (secondary N) is 2. The molecule has 1 amide bonds. The molecule has 1 rings (SSSR count). The van der Waals surface area contributed by atoms with Gasteiger partial charge in [0.15, 0.2) is 9.84 Å². The summed E-state index contributed by atoms with van der Waals surface area (Å²) in [5.74, 6) is -0.247. The van der Waals surface area contributed by atoms with Crippen LogP contribution in [0.5, 0.6) is 0 Å². The van der Waals surface area contributed by atoms with Crippen molar-refractivity contribution in [3.05, 3.63) is 0 Å². The fourth-order valence-corrected chi connectivity index (χ4v) is 3.38. The van der Waals surface area contributed by atoms with E-state index in [2.05, 4.69) is 10.6 Å². The summed E-state index contributed by atoms with van der Waals surface area (Å²) in [7, 11) is -3.10. The van der Waals surface area contributed by atoms with Crippen LogP contribution < -0.4 is 10.6 Å². The molecule has 1 heterocycles. The molecule has 94 valence electrons. The second-order valence-corrected chi connectivity index (χ2v) is 6.06. The largest absolute Gasteiger partial charge is 0.390 e. The van der Waals surface area contributed by atoms with Crippen LogP contribution in [0.1, 0.15) is 13.3 Å². The van der Waals surface area contributed by atoms with E-state index in [1.54, 1.807) is 6.92 Å². The Hall–Kier alpha value is -0.660. The van der Waals surface area contributed by atoms with Gasteiger partial charge in [0.25, 0.3) is 0 Å². The average Bonchev–Trinajstić information content (AvgIpc) is 2.46. The second kappa shape index (κ2) is 5.60. The first-order chi connectivity index (χ1) is 7.44. The second-order valence-electron chi connectivity index (χ2n) is 3.91. The van der Waals surface area contributed by atoms with Crippen molar-refractivity contribution < 1.29 is 18.3 Å². The van der Waals surface area contributed by atoms with Gasteiger partial charge in [-0.3, -0.25) is 4.79 Å². The third-order valence-electron chi connectivity index (χ3n) is 2.50. The highest BCUT2D eigenvalue weighted by Gasteiger charge is 2.35. The highest BCUT2D eigenvalue weighted by Crippen LogP contribution is 2.11. The van der Waals surface area contributed by atoms with Crippen LogP contribution in [0.2, 0.25) is 0 Å². The van der Waals surface area contributed by atoms with E-state index in [4.69, 9.17) is 0 Å². The van der Waals surface area contributed by atoms with E-state index in [0.717, 1.165) is 0 Å². The molecule has 0 aromatic heterocycles. The van der Waals surface area contributed by atoms with E-state index in [0.29, 0.717) is 19.5 Å². The number of aliphatic hydroxyl groups excluding tert-OH is 1. The van der Waals surface area contributed by atoms with E-state index >= 15 is 0 Å². The summed E-state index contributed by atoms with van der Waals surface area (Å²) in [6.07, 6.45) is -0.410. The molecule has 7 heteroatoms. The predicted molar refractivity (Wildman–Crippen MR) is 59.8 cm³/mol. The molecule has 0 aromatic rings. The molecular formula is C9H18N2O4S. The van der Waals surface area contributed by atoms with Crippen molar-refractivity contribution in [1.29, 1.82) is 0 Å². The van der Waals surface area contributed by atoms with Crippen LogP contribution in [-0.4, -0.2) is 56.2 Å². The molecular weight excluding hydrogens is 232 g/mol. The Morgan fingerprint density at radius 3 is 2.56 bits per heavy atom. The fraction of sp³-hybridized carbons (Fsp3) is 0.889. The molecule has 1 fully saturated rings. The lowest BCUT2D eigenvalue weighted by Gasteiger charge is -2.14. The number of aliphatic hydroxyl groups is 1.